The van der Waals surface area contributed by atoms with E-state index in [1.54, 1.807) is 0 Å². The number of benzene rings is 4. The fraction of sp³-hybridized carbons (Fsp3) is 0. The number of hydrogen-bond acceptors (Lipinski definition) is 2. The molecule has 0 unspecified atom stereocenters. The lowest BCUT2D eigenvalue weighted by molar-refractivity contribution is 0.665. The first kappa shape index (κ1) is 13.5. The van der Waals surface area contributed by atoms with Crippen LogP contribution in [0, 0.1) is 0 Å². The van der Waals surface area contributed by atoms with Crippen molar-refractivity contribution in [2.45, 2.75) is 0 Å². The standard InChI is InChI=1S/C24H13NO2/c1-3-7-17-15(6-1)21-18(25-17)11-9-16-22-20(27-24(16)21)12-10-14-13-5-2-4-8-19(13)26-23(14)22/h1-12,25H. The minimum absolute atomic E-state index is 0.856. The molecule has 0 bridgehead atoms. The summed E-state index contributed by atoms with van der Waals surface area (Å²) >= 11 is 0. The van der Waals surface area contributed by atoms with Crippen LogP contribution in [0.15, 0.2) is 81.6 Å². The third kappa shape index (κ3) is 1.57. The minimum atomic E-state index is 0.856. The van der Waals surface area contributed by atoms with Crippen LogP contribution in [0.3, 0.4) is 0 Å². The number of furan rings is 2. The predicted octanol–water partition coefficient (Wildman–Crippen LogP) is 7.12. The highest BCUT2D eigenvalue weighted by atomic mass is 16.3. The zero-order valence-corrected chi connectivity index (χ0v) is 14.2. The van der Waals surface area contributed by atoms with Crippen LogP contribution in [0.25, 0.3) is 65.7 Å². The van der Waals surface area contributed by atoms with Crippen LogP contribution in [0.2, 0.25) is 0 Å². The molecular formula is C24H13NO2. The number of nitrogens with one attached hydrogen (secondary N) is 1. The summed E-state index contributed by atoms with van der Waals surface area (Å²) in [5.74, 6) is 0. The molecule has 0 saturated carbocycles. The zero-order valence-electron chi connectivity index (χ0n) is 14.2. The van der Waals surface area contributed by atoms with Gasteiger partial charge >= 0.3 is 0 Å². The number of para-hydroxylation sites is 2. The molecular weight excluding hydrogens is 334 g/mol. The topological polar surface area (TPSA) is 42.1 Å². The van der Waals surface area contributed by atoms with Crippen molar-refractivity contribution < 1.29 is 8.83 Å². The molecule has 0 saturated heterocycles. The van der Waals surface area contributed by atoms with E-state index >= 15 is 0 Å². The van der Waals surface area contributed by atoms with Crippen molar-refractivity contribution in [2.24, 2.45) is 0 Å². The molecule has 4 aromatic carbocycles. The summed E-state index contributed by atoms with van der Waals surface area (Å²) in [6.07, 6.45) is 0. The van der Waals surface area contributed by atoms with Gasteiger partial charge in [0.05, 0.1) is 16.3 Å². The lowest BCUT2D eigenvalue weighted by Gasteiger charge is -1.94. The lowest BCUT2D eigenvalue weighted by Crippen LogP contribution is -1.71. The van der Waals surface area contributed by atoms with Crippen molar-refractivity contribution in [3.8, 4) is 0 Å². The zero-order chi connectivity index (χ0) is 17.5. The minimum Gasteiger partial charge on any atom is -0.455 e. The molecule has 27 heavy (non-hydrogen) atoms. The Bertz CT molecular complexity index is 1680. The summed E-state index contributed by atoms with van der Waals surface area (Å²) in [4.78, 5) is 3.49. The van der Waals surface area contributed by atoms with Crippen molar-refractivity contribution in [3.05, 3.63) is 72.8 Å². The smallest absolute Gasteiger partial charge is 0.147 e. The Morgan fingerprint density at radius 2 is 1.22 bits per heavy atom. The van der Waals surface area contributed by atoms with Crippen LogP contribution < -0.4 is 0 Å². The second-order valence-corrected chi connectivity index (χ2v) is 7.05. The highest BCUT2D eigenvalue weighted by molar-refractivity contribution is 6.28. The molecule has 7 rings (SSSR count). The van der Waals surface area contributed by atoms with Crippen LogP contribution in [-0.2, 0) is 0 Å². The fourth-order valence-electron chi connectivity index (χ4n) is 4.43. The van der Waals surface area contributed by atoms with E-state index in [1.165, 1.54) is 5.39 Å². The van der Waals surface area contributed by atoms with Crippen molar-refractivity contribution >= 4 is 65.7 Å². The van der Waals surface area contributed by atoms with E-state index < -0.39 is 0 Å². The van der Waals surface area contributed by atoms with E-state index in [-0.39, 0.29) is 0 Å². The monoisotopic (exact) mass is 347 g/mol. The predicted molar refractivity (Wildman–Crippen MR) is 110 cm³/mol. The van der Waals surface area contributed by atoms with Gasteiger partial charge in [0.2, 0.25) is 0 Å². The molecule has 0 aliphatic rings. The maximum atomic E-state index is 6.36. The van der Waals surface area contributed by atoms with E-state index in [0.717, 1.165) is 60.3 Å². The highest BCUT2D eigenvalue weighted by Crippen LogP contribution is 2.42. The van der Waals surface area contributed by atoms with Crippen LogP contribution in [0.1, 0.15) is 0 Å². The number of fused-ring (bicyclic) bond motifs is 11. The van der Waals surface area contributed by atoms with Gasteiger partial charge in [0, 0.05) is 27.1 Å². The molecule has 1 N–H and O–H groups in total. The normalized spacial score (nSPS) is 12.4. The molecule has 3 aromatic heterocycles. The first-order valence-electron chi connectivity index (χ1n) is 9.04. The summed E-state index contributed by atoms with van der Waals surface area (Å²) in [5.41, 5.74) is 5.77. The van der Waals surface area contributed by atoms with Gasteiger partial charge in [-0.1, -0.05) is 36.4 Å². The number of aromatic amines is 1. The second-order valence-electron chi connectivity index (χ2n) is 7.05. The first-order chi connectivity index (χ1) is 13.4. The van der Waals surface area contributed by atoms with Gasteiger partial charge in [-0.2, -0.15) is 0 Å². The van der Waals surface area contributed by atoms with Gasteiger partial charge in [-0.3, -0.25) is 0 Å². The summed E-state index contributed by atoms with van der Waals surface area (Å²) in [6, 6.07) is 24.9. The van der Waals surface area contributed by atoms with Gasteiger partial charge in [-0.15, -0.1) is 0 Å². The lowest BCUT2D eigenvalue weighted by atomic mass is 10.1. The van der Waals surface area contributed by atoms with Gasteiger partial charge in [0.1, 0.15) is 22.3 Å². The molecule has 126 valence electrons. The van der Waals surface area contributed by atoms with Crippen molar-refractivity contribution in [3.63, 3.8) is 0 Å². The van der Waals surface area contributed by atoms with E-state index in [0.29, 0.717) is 0 Å². The Kier molecular flexibility index (Phi) is 2.25. The molecule has 0 fully saturated rings. The van der Waals surface area contributed by atoms with Crippen molar-refractivity contribution in [1.29, 1.82) is 0 Å². The Morgan fingerprint density at radius 1 is 0.481 bits per heavy atom. The van der Waals surface area contributed by atoms with Crippen molar-refractivity contribution in [1.82, 2.24) is 4.98 Å². The maximum Gasteiger partial charge on any atom is 0.147 e. The highest BCUT2D eigenvalue weighted by Gasteiger charge is 2.18. The quantitative estimate of drug-likeness (QED) is 0.317. The molecule has 3 heteroatoms. The van der Waals surface area contributed by atoms with Crippen LogP contribution in [0.4, 0.5) is 0 Å². The summed E-state index contributed by atoms with van der Waals surface area (Å²) in [7, 11) is 0. The average molecular weight is 347 g/mol. The second kappa shape index (κ2) is 4.51. The Hall–Kier alpha value is -3.72. The molecule has 3 nitrogen and oxygen atoms in total. The molecule has 0 atom stereocenters. The van der Waals surface area contributed by atoms with Gasteiger partial charge in [-0.05, 0) is 36.4 Å². The van der Waals surface area contributed by atoms with Gasteiger partial charge in [0.15, 0.2) is 0 Å². The third-order valence-electron chi connectivity index (χ3n) is 5.61. The molecule has 0 radical (unpaired) electrons. The van der Waals surface area contributed by atoms with E-state index in [9.17, 15) is 0 Å². The fourth-order valence-corrected chi connectivity index (χ4v) is 4.43. The number of hydrogen-bond donors (Lipinski definition) is 1. The first-order valence-corrected chi connectivity index (χ1v) is 9.04. The Labute approximate surface area is 152 Å². The maximum absolute atomic E-state index is 6.36. The number of H-pyrrole nitrogens is 1. The SMILES string of the molecule is c1ccc2c(c1)[nH]c1ccc3c(oc4ccc5c6ccccc6oc5c43)c12. The number of rotatable bonds is 0. The number of aromatic nitrogens is 1. The molecule has 0 aliphatic heterocycles. The Morgan fingerprint density at radius 3 is 2.19 bits per heavy atom. The van der Waals surface area contributed by atoms with Crippen molar-refractivity contribution in [2.75, 3.05) is 0 Å². The summed E-state index contributed by atoms with van der Waals surface area (Å²) in [6.45, 7) is 0. The van der Waals surface area contributed by atoms with Crippen LogP contribution >= 0.6 is 0 Å². The molecule has 3 heterocycles. The van der Waals surface area contributed by atoms with E-state index in [2.05, 4.69) is 53.5 Å². The van der Waals surface area contributed by atoms with Crippen LogP contribution in [-0.4, -0.2) is 4.98 Å². The third-order valence-corrected chi connectivity index (χ3v) is 5.61. The molecule has 7 aromatic rings. The molecule has 0 amide bonds. The van der Waals surface area contributed by atoms with Gasteiger partial charge < -0.3 is 13.8 Å². The van der Waals surface area contributed by atoms with Crippen LogP contribution in [0.5, 0.6) is 0 Å². The van der Waals surface area contributed by atoms with Gasteiger partial charge in [-0.25, -0.2) is 0 Å². The summed E-state index contributed by atoms with van der Waals surface area (Å²) < 4.78 is 12.6. The largest absolute Gasteiger partial charge is 0.455 e. The Balaban J connectivity index is 1.77. The molecule has 0 spiro atoms. The van der Waals surface area contributed by atoms with Gasteiger partial charge in [0.25, 0.3) is 0 Å². The summed E-state index contributed by atoms with van der Waals surface area (Å²) in [5, 5.41) is 6.70. The molecule has 0 aliphatic carbocycles. The average Bonchev–Trinajstić information content (AvgIpc) is 3.37. The van der Waals surface area contributed by atoms with E-state index in [1.807, 2.05) is 24.3 Å². The van der Waals surface area contributed by atoms with E-state index in [4.69, 9.17) is 8.83 Å².